The number of allylic oxidation sites excluding steroid dienone is 6. The van der Waals surface area contributed by atoms with Crippen molar-refractivity contribution in [3.63, 3.8) is 0 Å². The highest BCUT2D eigenvalue weighted by Gasteiger charge is 2.09. The number of hydrogen-bond acceptors (Lipinski definition) is 1. The first-order valence-electron chi connectivity index (χ1n) is 4.17. The average Bonchev–Trinajstić information content (AvgIpc) is 2.58. The van der Waals surface area contributed by atoms with Gasteiger partial charge in [-0.15, -0.1) is 0 Å². The molecule has 1 nitrogen and oxygen atoms in total. The molecular formula is C10H12O. The van der Waals surface area contributed by atoms with Crippen LogP contribution < -0.4 is 0 Å². The van der Waals surface area contributed by atoms with Crippen molar-refractivity contribution in [2.45, 2.75) is 19.3 Å². The summed E-state index contributed by atoms with van der Waals surface area (Å²) in [6, 6.07) is 0. The number of ether oxygens (including phenoxy) is 1. The molecule has 0 N–H and O–H groups in total. The van der Waals surface area contributed by atoms with Gasteiger partial charge in [0.05, 0.1) is 6.61 Å². The molecule has 2 rings (SSSR count). The zero-order valence-electron chi connectivity index (χ0n) is 6.55. The molecular weight excluding hydrogens is 136 g/mol. The molecule has 1 fully saturated rings. The van der Waals surface area contributed by atoms with Crippen LogP contribution in [0, 0.1) is 0 Å². The van der Waals surface area contributed by atoms with Gasteiger partial charge in [0.2, 0.25) is 0 Å². The van der Waals surface area contributed by atoms with Crippen LogP contribution in [-0.2, 0) is 4.74 Å². The third-order valence-electron chi connectivity index (χ3n) is 2.06. The maximum absolute atomic E-state index is 5.54. The van der Waals surface area contributed by atoms with Crippen molar-refractivity contribution in [2.24, 2.45) is 0 Å². The van der Waals surface area contributed by atoms with Crippen molar-refractivity contribution in [1.82, 2.24) is 0 Å². The molecule has 11 heavy (non-hydrogen) atoms. The van der Waals surface area contributed by atoms with E-state index in [-0.39, 0.29) is 0 Å². The predicted octanol–water partition coefficient (Wildman–Crippen LogP) is 2.57. The third-order valence-corrected chi connectivity index (χ3v) is 2.06. The number of hydrogen-bond donors (Lipinski definition) is 0. The molecule has 0 aromatic carbocycles. The molecule has 0 aromatic heterocycles. The minimum Gasteiger partial charge on any atom is -0.497 e. The van der Waals surface area contributed by atoms with Crippen LogP contribution in [0.5, 0.6) is 0 Å². The number of rotatable bonds is 0. The van der Waals surface area contributed by atoms with E-state index in [0.29, 0.717) is 0 Å². The Balaban J connectivity index is 2.17. The van der Waals surface area contributed by atoms with E-state index in [2.05, 4.69) is 24.3 Å². The Morgan fingerprint density at radius 2 is 1.91 bits per heavy atom. The molecule has 2 aliphatic rings. The van der Waals surface area contributed by atoms with Crippen LogP contribution in [0.15, 0.2) is 35.6 Å². The van der Waals surface area contributed by atoms with Crippen molar-refractivity contribution in [3.05, 3.63) is 35.6 Å². The summed E-state index contributed by atoms with van der Waals surface area (Å²) in [6.45, 7) is 0.903. The molecule has 0 saturated carbocycles. The lowest BCUT2D eigenvalue weighted by Crippen LogP contribution is -2.04. The molecule has 0 spiro atoms. The average molecular weight is 148 g/mol. The van der Waals surface area contributed by atoms with Gasteiger partial charge in [-0.2, -0.15) is 0 Å². The zero-order chi connectivity index (χ0) is 7.52. The Bertz CT molecular complexity index is 211. The van der Waals surface area contributed by atoms with Gasteiger partial charge in [-0.3, -0.25) is 0 Å². The van der Waals surface area contributed by atoms with E-state index in [1.807, 2.05) is 0 Å². The van der Waals surface area contributed by atoms with Crippen molar-refractivity contribution >= 4 is 0 Å². The van der Waals surface area contributed by atoms with Crippen LogP contribution in [0.25, 0.3) is 0 Å². The van der Waals surface area contributed by atoms with Crippen LogP contribution >= 0.6 is 0 Å². The summed E-state index contributed by atoms with van der Waals surface area (Å²) in [4.78, 5) is 0. The second kappa shape index (κ2) is 2.95. The van der Waals surface area contributed by atoms with Crippen LogP contribution in [0.2, 0.25) is 0 Å². The summed E-state index contributed by atoms with van der Waals surface area (Å²) >= 11 is 0. The van der Waals surface area contributed by atoms with Crippen LogP contribution in [0.1, 0.15) is 19.3 Å². The second-order valence-electron chi connectivity index (χ2n) is 2.90. The molecule has 1 heterocycles. The Kier molecular flexibility index (Phi) is 1.80. The quantitative estimate of drug-likeness (QED) is 0.513. The van der Waals surface area contributed by atoms with E-state index in [4.69, 9.17) is 4.74 Å². The topological polar surface area (TPSA) is 9.23 Å². The standard InChI is InChI=1S/C10H12O/c1-2-6-9(5-1)10-7-3-4-8-11-10/h1-2,5-6H,3-4,7-8H2. The molecule has 1 saturated heterocycles. The molecule has 0 aromatic rings. The van der Waals surface area contributed by atoms with E-state index in [1.165, 1.54) is 24.2 Å². The van der Waals surface area contributed by atoms with E-state index in [0.717, 1.165) is 13.0 Å². The van der Waals surface area contributed by atoms with Crippen LogP contribution in [-0.4, -0.2) is 6.61 Å². The maximum Gasteiger partial charge on any atom is 0.103 e. The monoisotopic (exact) mass is 148 g/mol. The molecule has 0 bridgehead atoms. The molecule has 0 unspecified atom stereocenters. The minimum atomic E-state index is 0.903. The largest absolute Gasteiger partial charge is 0.497 e. The summed E-state index contributed by atoms with van der Waals surface area (Å²) in [7, 11) is 0. The Labute approximate surface area is 67.1 Å². The van der Waals surface area contributed by atoms with Gasteiger partial charge in [-0.1, -0.05) is 24.3 Å². The molecule has 1 aliphatic heterocycles. The van der Waals surface area contributed by atoms with Gasteiger partial charge >= 0.3 is 0 Å². The van der Waals surface area contributed by atoms with Gasteiger partial charge in [0.15, 0.2) is 0 Å². The first kappa shape index (κ1) is 6.71. The highest BCUT2D eigenvalue weighted by atomic mass is 16.5. The van der Waals surface area contributed by atoms with E-state index >= 15 is 0 Å². The predicted molar refractivity (Wildman–Crippen MR) is 45.1 cm³/mol. The van der Waals surface area contributed by atoms with Gasteiger partial charge in [0.1, 0.15) is 5.76 Å². The molecule has 0 radical (unpaired) electrons. The van der Waals surface area contributed by atoms with Crippen molar-refractivity contribution in [2.75, 3.05) is 6.61 Å². The third kappa shape index (κ3) is 1.37. The Hall–Kier alpha value is -0.980. The smallest absolute Gasteiger partial charge is 0.103 e. The minimum absolute atomic E-state index is 0.903. The van der Waals surface area contributed by atoms with E-state index in [1.54, 1.807) is 0 Å². The zero-order valence-corrected chi connectivity index (χ0v) is 6.55. The summed E-state index contributed by atoms with van der Waals surface area (Å²) in [6.07, 6.45) is 11.9. The maximum atomic E-state index is 5.54. The lowest BCUT2D eigenvalue weighted by atomic mass is 10.1. The Morgan fingerprint density at radius 1 is 1.09 bits per heavy atom. The summed E-state index contributed by atoms with van der Waals surface area (Å²) in [5.41, 5.74) is 1.27. The van der Waals surface area contributed by atoms with Gasteiger partial charge in [-0.05, 0) is 12.8 Å². The fourth-order valence-corrected chi connectivity index (χ4v) is 1.44. The highest BCUT2D eigenvalue weighted by molar-refractivity contribution is 5.42. The van der Waals surface area contributed by atoms with Crippen molar-refractivity contribution in [1.29, 1.82) is 0 Å². The van der Waals surface area contributed by atoms with Crippen LogP contribution in [0.4, 0.5) is 0 Å². The van der Waals surface area contributed by atoms with Gasteiger partial charge in [-0.25, -0.2) is 0 Å². The fourth-order valence-electron chi connectivity index (χ4n) is 1.44. The molecule has 1 aliphatic carbocycles. The first-order chi connectivity index (χ1) is 5.47. The lowest BCUT2D eigenvalue weighted by molar-refractivity contribution is 0.164. The lowest BCUT2D eigenvalue weighted by Gasteiger charge is -2.17. The highest BCUT2D eigenvalue weighted by Crippen LogP contribution is 2.23. The van der Waals surface area contributed by atoms with Crippen molar-refractivity contribution in [3.8, 4) is 0 Å². The van der Waals surface area contributed by atoms with E-state index in [9.17, 15) is 0 Å². The summed E-state index contributed by atoms with van der Waals surface area (Å²) < 4.78 is 5.54. The van der Waals surface area contributed by atoms with Gasteiger partial charge < -0.3 is 4.74 Å². The molecule has 0 atom stereocenters. The van der Waals surface area contributed by atoms with Crippen molar-refractivity contribution < 1.29 is 4.74 Å². The van der Waals surface area contributed by atoms with Crippen LogP contribution in [0.3, 0.4) is 0 Å². The fraction of sp³-hybridized carbons (Fsp3) is 0.400. The first-order valence-corrected chi connectivity index (χ1v) is 4.17. The van der Waals surface area contributed by atoms with Gasteiger partial charge in [0.25, 0.3) is 0 Å². The van der Waals surface area contributed by atoms with E-state index < -0.39 is 0 Å². The molecule has 1 heteroatoms. The van der Waals surface area contributed by atoms with Gasteiger partial charge in [0, 0.05) is 12.0 Å². The normalized spacial score (nSPS) is 22.5. The Morgan fingerprint density at radius 3 is 2.55 bits per heavy atom. The SMILES string of the molecule is C1=CC(=C2CCCCO2)C=C1. The molecule has 0 amide bonds. The molecule has 58 valence electrons. The second-order valence-corrected chi connectivity index (χ2v) is 2.90. The summed E-state index contributed by atoms with van der Waals surface area (Å²) in [5.74, 6) is 1.18. The summed E-state index contributed by atoms with van der Waals surface area (Å²) in [5, 5.41) is 0.